The Morgan fingerprint density at radius 2 is 1.83 bits per heavy atom. The van der Waals surface area contributed by atoms with Gasteiger partial charge < -0.3 is 15.0 Å². The lowest BCUT2D eigenvalue weighted by molar-refractivity contribution is -0.146. The van der Waals surface area contributed by atoms with Crippen molar-refractivity contribution in [3.8, 4) is 0 Å². The lowest BCUT2D eigenvalue weighted by Crippen LogP contribution is -2.46. The van der Waals surface area contributed by atoms with E-state index in [0.717, 1.165) is 45.0 Å². The molecule has 3 rings (SSSR count). The topological polar surface area (TPSA) is 57.2 Å². The fourth-order valence-corrected chi connectivity index (χ4v) is 4.50. The van der Waals surface area contributed by atoms with Gasteiger partial charge in [-0.05, 0) is 50.3 Å². The molecule has 2 fully saturated rings. The summed E-state index contributed by atoms with van der Waals surface area (Å²) in [6, 6.07) is 9.38. The molecule has 0 bridgehead atoms. The molecule has 1 N–H and O–H groups in total. The van der Waals surface area contributed by atoms with Gasteiger partial charge in [0.25, 0.3) is 0 Å². The Bertz CT molecular complexity index is 704. The van der Waals surface area contributed by atoms with E-state index in [0.29, 0.717) is 6.04 Å². The summed E-state index contributed by atoms with van der Waals surface area (Å²) in [5.74, 6) is 0.838. The average molecular weight is 528 g/mol. The molecule has 0 saturated carbocycles. The summed E-state index contributed by atoms with van der Waals surface area (Å²) in [6.07, 6.45) is 5.59. The molecule has 30 heavy (non-hydrogen) atoms. The van der Waals surface area contributed by atoms with E-state index in [1.54, 1.807) is 0 Å². The Balaban J connectivity index is 0.00000320. The highest BCUT2D eigenvalue weighted by molar-refractivity contribution is 14.0. The van der Waals surface area contributed by atoms with E-state index >= 15 is 0 Å². The van der Waals surface area contributed by atoms with Crippen LogP contribution in [0.15, 0.2) is 29.3 Å². The first kappa shape index (κ1) is 24.9. The zero-order chi connectivity index (χ0) is 20.6. The number of rotatable bonds is 5. The highest BCUT2D eigenvalue weighted by Gasteiger charge is 2.27. The molecule has 1 atom stereocenters. The number of benzene rings is 1. The van der Waals surface area contributed by atoms with E-state index in [2.05, 4.69) is 51.3 Å². The molecular formula is C23H37IN4O2. The minimum atomic E-state index is -0.0894. The molecule has 1 aromatic carbocycles. The second kappa shape index (κ2) is 12.5. The van der Waals surface area contributed by atoms with E-state index in [1.165, 1.54) is 44.0 Å². The highest BCUT2D eigenvalue weighted by atomic mass is 127. The SMILES string of the molecule is CN=C(NCc1ccccc1CN1CCCCC1C)N1CCC(C(=O)OC)CC1.I. The molecule has 6 nitrogen and oxygen atoms in total. The van der Waals surface area contributed by atoms with E-state index in [9.17, 15) is 4.79 Å². The summed E-state index contributed by atoms with van der Waals surface area (Å²) < 4.78 is 4.89. The van der Waals surface area contributed by atoms with Crippen molar-refractivity contribution < 1.29 is 9.53 Å². The van der Waals surface area contributed by atoms with E-state index in [-0.39, 0.29) is 35.9 Å². The standard InChI is InChI=1S/C23H36N4O2.HI/c1-18-8-6-7-13-27(18)17-21-10-5-4-9-20(21)16-25-23(24-2)26-14-11-19(12-15-26)22(28)29-3;/h4-5,9-10,18-19H,6-8,11-17H2,1-3H3,(H,24,25);1H. The Kier molecular flexibility index (Phi) is 10.4. The van der Waals surface area contributed by atoms with Crippen molar-refractivity contribution in [2.75, 3.05) is 33.8 Å². The Labute approximate surface area is 198 Å². The van der Waals surface area contributed by atoms with Gasteiger partial charge in [-0.3, -0.25) is 14.7 Å². The van der Waals surface area contributed by atoms with Crippen LogP contribution in [0.3, 0.4) is 0 Å². The van der Waals surface area contributed by atoms with Gasteiger partial charge in [-0.25, -0.2) is 0 Å². The minimum Gasteiger partial charge on any atom is -0.469 e. The van der Waals surface area contributed by atoms with E-state index < -0.39 is 0 Å². The fraction of sp³-hybridized carbons (Fsp3) is 0.652. The third-order valence-electron chi connectivity index (χ3n) is 6.41. The lowest BCUT2D eigenvalue weighted by Gasteiger charge is -2.34. The Hall–Kier alpha value is -1.35. The predicted molar refractivity (Wildman–Crippen MR) is 132 cm³/mol. The second-order valence-electron chi connectivity index (χ2n) is 8.27. The smallest absolute Gasteiger partial charge is 0.308 e. The van der Waals surface area contributed by atoms with Gasteiger partial charge in [-0.2, -0.15) is 0 Å². The van der Waals surface area contributed by atoms with Gasteiger partial charge in [-0.1, -0.05) is 30.7 Å². The predicted octanol–water partition coefficient (Wildman–Crippen LogP) is 3.64. The van der Waals surface area contributed by atoms with Crippen LogP contribution in [0.25, 0.3) is 0 Å². The van der Waals surface area contributed by atoms with E-state index in [4.69, 9.17) is 4.74 Å². The maximum Gasteiger partial charge on any atom is 0.308 e. The van der Waals surface area contributed by atoms with Crippen molar-refractivity contribution >= 4 is 35.9 Å². The normalized spacial score (nSPS) is 21.1. The van der Waals surface area contributed by atoms with Crippen LogP contribution in [0, 0.1) is 5.92 Å². The molecule has 2 saturated heterocycles. The van der Waals surface area contributed by atoms with Crippen LogP contribution in [-0.4, -0.2) is 61.6 Å². The summed E-state index contributed by atoms with van der Waals surface area (Å²) in [6.45, 7) is 6.97. The fourth-order valence-electron chi connectivity index (χ4n) is 4.50. The summed E-state index contributed by atoms with van der Waals surface area (Å²) in [4.78, 5) is 21.1. The molecule has 1 aromatic rings. The van der Waals surface area contributed by atoms with Gasteiger partial charge in [0.2, 0.25) is 0 Å². The number of nitrogens with zero attached hydrogens (tertiary/aromatic N) is 3. The number of aliphatic imine (C=N–C) groups is 1. The summed E-state index contributed by atoms with van der Waals surface area (Å²) in [5, 5.41) is 3.54. The number of methoxy groups -OCH3 is 1. The van der Waals surface area contributed by atoms with Gasteiger partial charge >= 0.3 is 5.97 Å². The van der Waals surface area contributed by atoms with Crippen molar-refractivity contribution in [1.29, 1.82) is 0 Å². The second-order valence-corrected chi connectivity index (χ2v) is 8.27. The zero-order valence-electron chi connectivity index (χ0n) is 18.6. The minimum absolute atomic E-state index is 0. The van der Waals surface area contributed by atoms with Crippen LogP contribution in [0.2, 0.25) is 0 Å². The van der Waals surface area contributed by atoms with Crippen molar-refractivity contribution in [3.05, 3.63) is 35.4 Å². The largest absolute Gasteiger partial charge is 0.469 e. The average Bonchev–Trinajstić information content (AvgIpc) is 2.76. The number of hydrogen-bond donors (Lipinski definition) is 1. The van der Waals surface area contributed by atoms with Gasteiger partial charge in [-0.15, -0.1) is 24.0 Å². The Morgan fingerprint density at radius 1 is 1.13 bits per heavy atom. The molecule has 0 spiro atoms. The van der Waals surface area contributed by atoms with Crippen LogP contribution >= 0.6 is 24.0 Å². The maximum atomic E-state index is 11.8. The number of hydrogen-bond acceptors (Lipinski definition) is 4. The van der Waals surface area contributed by atoms with Crippen LogP contribution in [0.1, 0.15) is 50.2 Å². The van der Waals surface area contributed by atoms with Crippen molar-refractivity contribution in [1.82, 2.24) is 15.1 Å². The van der Waals surface area contributed by atoms with Gasteiger partial charge in [0.05, 0.1) is 13.0 Å². The number of guanidine groups is 1. The van der Waals surface area contributed by atoms with Crippen molar-refractivity contribution in [2.24, 2.45) is 10.9 Å². The zero-order valence-corrected chi connectivity index (χ0v) is 20.9. The summed E-state index contributed by atoms with van der Waals surface area (Å²) >= 11 is 0. The number of carbonyl (C=O) groups is 1. The molecule has 7 heteroatoms. The molecule has 1 unspecified atom stereocenters. The Morgan fingerprint density at radius 3 is 2.47 bits per heavy atom. The third-order valence-corrected chi connectivity index (χ3v) is 6.41. The number of esters is 1. The number of nitrogens with one attached hydrogen (secondary N) is 1. The summed E-state index contributed by atoms with van der Waals surface area (Å²) in [7, 11) is 3.30. The number of piperidine rings is 2. The molecule has 2 aliphatic heterocycles. The van der Waals surface area contributed by atoms with Gasteiger partial charge in [0, 0.05) is 39.3 Å². The quantitative estimate of drug-likeness (QED) is 0.274. The molecule has 2 heterocycles. The van der Waals surface area contributed by atoms with Crippen LogP contribution in [-0.2, 0) is 22.6 Å². The van der Waals surface area contributed by atoms with Gasteiger partial charge in [0.15, 0.2) is 5.96 Å². The lowest BCUT2D eigenvalue weighted by atomic mass is 9.97. The molecule has 0 aliphatic carbocycles. The number of likely N-dealkylation sites (tertiary alicyclic amines) is 2. The highest BCUT2D eigenvalue weighted by Crippen LogP contribution is 2.21. The van der Waals surface area contributed by atoms with Crippen molar-refractivity contribution in [3.63, 3.8) is 0 Å². The summed E-state index contributed by atoms with van der Waals surface area (Å²) in [5.41, 5.74) is 2.73. The van der Waals surface area contributed by atoms with Crippen molar-refractivity contribution in [2.45, 2.75) is 58.2 Å². The molecule has 0 aromatic heterocycles. The number of halogens is 1. The molecule has 0 radical (unpaired) electrons. The number of carbonyl (C=O) groups excluding carboxylic acids is 1. The first-order valence-electron chi connectivity index (χ1n) is 11.0. The van der Waals surface area contributed by atoms with Crippen LogP contribution in [0.5, 0.6) is 0 Å². The molecule has 2 aliphatic rings. The van der Waals surface area contributed by atoms with Crippen LogP contribution in [0.4, 0.5) is 0 Å². The van der Waals surface area contributed by atoms with Gasteiger partial charge in [0.1, 0.15) is 0 Å². The molecular weight excluding hydrogens is 491 g/mol. The monoisotopic (exact) mass is 528 g/mol. The van der Waals surface area contributed by atoms with Crippen LogP contribution < -0.4 is 5.32 Å². The molecule has 0 amide bonds. The molecule has 168 valence electrons. The maximum absolute atomic E-state index is 11.8. The van der Waals surface area contributed by atoms with E-state index in [1.807, 2.05) is 7.05 Å². The first-order valence-corrected chi connectivity index (χ1v) is 11.0. The third kappa shape index (κ3) is 6.57. The number of ether oxygens (including phenoxy) is 1. The first-order chi connectivity index (χ1) is 14.1.